The van der Waals surface area contributed by atoms with Gasteiger partial charge in [-0.3, -0.25) is 0 Å². The molecule has 62 valence electrons. The summed E-state index contributed by atoms with van der Waals surface area (Å²) in [4.78, 5) is 10.4. The van der Waals surface area contributed by atoms with Crippen molar-refractivity contribution in [3.05, 3.63) is 33.8 Å². The molecule has 0 spiro atoms. The van der Waals surface area contributed by atoms with E-state index in [0.717, 1.165) is 0 Å². The molecule has 0 aliphatic carbocycles. The van der Waals surface area contributed by atoms with Crippen LogP contribution >= 0.6 is 23.2 Å². The van der Waals surface area contributed by atoms with E-state index in [4.69, 9.17) is 28.3 Å². The van der Waals surface area contributed by atoms with Crippen LogP contribution in [0.1, 0.15) is 10.4 Å². The van der Waals surface area contributed by atoms with Crippen molar-refractivity contribution in [2.45, 2.75) is 0 Å². The predicted octanol–water partition coefficient (Wildman–Crippen LogP) is 1.78. The number of aromatic carboxylic acids is 1. The predicted molar refractivity (Wildman–Crippen MR) is 52.0 cm³/mol. The molecular weight excluding hydrogens is 211 g/mol. The van der Waals surface area contributed by atoms with Crippen molar-refractivity contribution in [1.29, 1.82) is 0 Å². The molecule has 0 heterocycles. The standard InChI is InChI=1S/C7H4Cl2O2.Mg.2H/c8-4-1-2-5(7(10)11)6(9)3-4;;;/h1-3H,(H,10,11);;;. The van der Waals surface area contributed by atoms with E-state index < -0.39 is 5.97 Å². The number of carboxylic acids is 1. The van der Waals surface area contributed by atoms with E-state index in [9.17, 15) is 4.79 Å². The molecule has 1 aromatic rings. The summed E-state index contributed by atoms with van der Waals surface area (Å²) in [5.41, 5.74) is 0.0658. The number of carbonyl (C=O) groups is 1. The minimum Gasteiger partial charge on any atom is -0.478 e. The van der Waals surface area contributed by atoms with Gasteiger partial charge in [0.05, 0.1) is 10.6 Å². The van der Waals surface area contributed by atoms with Gasteiger partial charge in [-0.1, -0.05) is 23.2 Å². The zero-order valence-electron chi connectivity index (χ0n) is 5.34. The van der Waals surface area contributed by atoms with Crippen LogP contribution in [0, 0.1) is 0 Å². The Morgan fingerprint density at radius 3 is 2.33 bits per heavy atom. The van der Waals surface area contributed by atoms with E-state index in [1.165, 1.54) is 18.2 Å². The summed E-state index contributed by atoms with van der Waals surface area (Å²) in [5, 5.41) is 9.12. The molecule has 1 N–H and O–H groups in total. The molecule has 0 saturated carbocycles. The molecule has 12 heavy (non-hydrogen) atoms. The van der Waals surface area contributed by atoms with Gasteiger partial charge in [-0.15, -0.1) is 0 Å². The zero-order valence-corrected chi connectivity index (χ0v) is 6.86. The second kappa shape index (κ2) is 4.92. The third-order valence-electron chi connectivity index (χ3n) is 1.16. The largest absolute Gasteiger partial charge is 0.478 e. The highest BCUT2D eigenvalue weighted by atomic mass is 35.5. The van der Waals surface area contributed by atoms with Crippen molar-refractivity contribution in [2.75, 3.05) is 0 Å². The highest BCUT2D eigenvalue weighted by Crippen LogP contribution is 2.20. The minimum absolute atomic E-state index is 0. The Morgan fingerprint density at radius 1 is 1.33 bits per heavy atom. The molecule has 0 atom stereocenters. The maximum absolute atomic E-state index is 10.4. The van der Waals surface area contributed by atoms with Crippen LogP contribution in [-0.2, 0) is 0 Å². The molecule has 1 aromatic carbocycles. The molecule has 0 aliphatic rings. The van der Waals surface area contributed by atoms with Gasteiger partial charge in [0, 0.05) is 5.02 Å². The van der Waals surface area contributed by atoms with Crippen molar-refractivity contribution in [3.63, 3.8) is 0 Å². The third kappa shape index (κ3) is 2.82. The first-order valence-corrected chi connectivity index (χ1v) is 3.55. The van der Waals surface area contributed by atoms with E-state index >= 15 is 0 Å². The first-order valence-electron chi connectivity index (χ1n) is 2.79. The molecular formula is C7H6Cl2MgO2. The van der Waals surface area contributed by atoms with Gasteiger partial charge < -0.3 is 5.11 Å². The summed E-state index contributed by atoms with van der Waals surface area (Å²) in [7, 11) is 0. The quantitative estimate of drug-likeness (QED) is 0.728. The lowest BCUT2D eigenvalue weighted by Gasteiger charge is -1.96. The van der Waals surface area contributed by atoms with Crippen LogP contribution in [0.2, 0.25) is 10.0 Å². The molecule has 5 heteroatoms. The zero-order chi connectivity index (χ0) is 8.43. The number of carboxylic acid groups (broad SMARTS) is 1. The van der Waals surface area contributed by atoms with E-state index in [-0.39, 0.29) is 33.6 Å². The fraction of sp³-hybridized carbons (Fsp3) is 0. The summed E-state index contributed by atoms with van der Waals surface area (Å²) < 4.78 is 0. The molecule has 0 aromatic heterocycles. The van der Waals surface area contributed by atoms with Crippen LogP contribution < -0.4 is 0 Å². The smallest absolute Gasteiger partial charge is 0.337 e. The van der Waals surface area contributed by atoms with Gasteiger partial charge in [0.2, 0.25) is 0 Å². The fourth-order valence-electron chi connectivity index (χ4n) is 0.663. The second-order valence-corrected chi connectivity index (χ2v) is 2.77. The van der Waals surface area contributed by atoms with E-state index in [2.05, 4.69) is 0 Å². The summed E-state index contributed by atoms with van der Waals surface area (Å²) in [5.74, 6) is -1.05. The number of rotatable bonds is 1. The minimum atomic E-state index is -1.05. The molecule has 0 bridgehead atoms. The van der Waals surface area contributed by atoms with Crippen LogP contribution in [0.25, 0.3) is 0 Å². The number of benzene rings is 1. The normalized spacial score (nSPS) is 8.83. The van der Waals surface area contributed by atoms with Gasteiger partial charge in [-0.05, 0) is 18.2 Å². The Balaban J connectivity index is 0.00000121. The summed E-state index contributed by atoms with van der Waals surface area (Å²) in [6.07, 6.45) is 0. The van der Waals surface area contributed by atoms with Crippen LogP contribution in [0.5, 0.6) is 0 Å². The SMILES string of the molecule is O=C(O)c1ccc(Cl)cc1Cl.[MgH2]. The highest BCUT2D eigenvalue weighted by molar-refractivity contribution is 6.36. The molecule has 0 fully saturated rings. The number of hydrogen-bond acceptors (Lipinski definition) is 1. The van der Waals surface area contributed by atoms with E-state index in [0.29, 0.717) is 5.02 Å². The Morgan fingerprint density at radius 2 is 1.92 bits per heavy atom. The summed E-state index contributed by atoms with van der Waals surface area (Å²) in [6, 6.07) is 4.25. The number of hydrogen-bond donors (Lipinski definition) is 1. The maximum atomic E-state index is 10.4. The van der Waals surface area contributed by atoms with Gasteiger partial charge >= 0.3 is 29.0 Å². The lowest BCUT2D eigenvalue weighted by atomic mass is 10.2. The maximum Gasteiger partial charge on any atom is 0.337 e. The van der Waals surface area contributed by atoms with Gasteiger partial charge in [-0.25, -0.2) is 4.79 Å². The Hall–Kier alpha value is 0.0362. The molecule has 1 rings (SSSR count). The molecule has 0 unspecified atom stereocenters. The molecule has 2 nitrogen and oxygen atoms in total. The van der Waals surface area contributed by atoms with Crippen molar-refractivity contribution in [3.8, 4) is 0 Å². The highest BCUT2D eigenvalue weighted by Gasteiger charge is 2.07. The summed E-state index contributed by atoms with van der Waals surface area (Å²) in [6.45, 7) is 0. The van der Waals surface area contributed by atoms with E-state index in [1.54, 1.807) is 0 Å². The lowest BCUT2D eigenvalue weighted by molar-refractivity contribution is 0.0697. The van der Waals surface area contributed by atoms with Crippen molar-refractivity contribution in [2.24, 2.45) is 0 Å². The van der Waals surface area contributed by atoms with Gasteiger partial charge in [0.15, 0.2) is 0 Å². The Labute approximate surface area is 95.6 Å². The van der Waals surface area contributed by atoms with E-state index in [1.807, 2.05) is 0 Å². The average molecular weight is 217 g/mol. The monoisotopic (exact) mass is 216 g/mol. The topological polar surface area (TPSA) is 37.3 Å². The number of halogens is 2. The van der Waals surface area contributed by atoms with Crippen LogP contribution in [0.3, 0.4) is 0 Å². The van der Waals surface area contributed by atoms with Gasteiger partial charge in [0.25, 0.3) is 0 Å². The molecule has 0 radical (unpaired) electrons. The van der Waals surface area contributed by atoms with Crippen LogP contribution in [0.15, 0.2) is 18.2 Å². The average Bonchev–Trinajstić information content (AvgIpc) is 1.85. The van der Waals surface area contributed by atoms with Crippen LogP contribution in [-0.4, -0.2) is 34.1 Å². The molecule has 0 aliphatic heterocycles. The lowest BCUT2D eigenvalue weighted by Crippen LogP contribution is -1.96. The van der Waals surface area contributed by atoms with Crippen molar-refractivity contribution < 1.29 is 9.90 Å². The van der Waals surface area contributed by atoms with Crippen molar-refractivity contribution in [1.82, 2.24) is 0 Å². The second-order valence-electron chi connectivity index (χ2n) is 1.93. The molecule has 0 saturated heterocycles. The molecule has 0 amide bonds. The summed E-state index contributed by atoms with van der Waals surface area (Å²) >= 11 is 11.1. The van der Waals surface area contributed by atoms with Gasteiger partial charge in [0.1, 0.15) is 0 Å². The van der Waals surface area contributed by atoms with Crippen LogP contribution in [0.4, 0.5) is 0 Å². The Bertz CT molecular complexity index is 301. The van der Waals surface area contributed by atoms with Gasteiger partial charge in [-0.2, -0.15) is 0 Å². The third-order valence-corrected chi connectivity index (χ3v) is 1.71. The first-order chi connectivity index (χ1) is 5.11. The first kappa shape index (κ1) is 12.0. The fourth-order valence-corrected chi connectivity index (χ4v) is 1.15. The Kier molecular flexibility index (Phi) is 4.93. The van der Waals surface area contributed by atoms with Crippen molar-refractivity contribution >= 4 is 52.2 Å².